The Morgan fingerprint density at radius 2 is 2.05 bits per heavy atom. The molecule has 0 bridgehead atoms. The summed E-state index contributed by atoms with van der Waals surface area (Å²) in [6, 6.07) is 0. The molecule has 0 unspecified atom stereocenters. The number of hydrogen-bond donors (Lipinski definition) is 1. The topological polar surface area (TPSA) is 80.4 Å². The largest absolute Gasteiger partial charge is 0.492 e. The molecule has 0 aromatic carbocycles. The van der Waals surface area contributed by atoms with E-state index in [9.17, 15) is 9.90 Å². The molecule has 0 atom stereocenters. The number of aromatic nitrogens is 4. The molecule has 0 spiro atoms. The molecule has 2 aliphatic rings. The molecule has 7 heteroatoms. The lowest BCUT2D eigenvalue weighted by Gasteiger charge is -2.04. The van der Waals surface area contributed by atoms with Crippen molar-refractivity contribution in [3.63, 3.8) is 0 Å². The third-order valence-corrected chi connectivity index (χ3v) is 4.23. The van der Waals surface area contributed by atoms with Gasteiger partial charge in [0.25, 0.3) is 5.78 Å². The van der Waals surface area contributed by atoms with Crippen LogP contribution >= 0.6 is 15.9 Å². The number of aromatic hydroxyl groups is 1. The smallest absolute Gasteiger partial charge is 0.254 e. The van der Waals surface area contributed by atoms with E-state index in [0.29, 0.717) is 17.0 Å². The van der Waals surface area contributed by atoms with E-state index in [1.165, 1.54) is 10.6 Å². The summed E-state index contributed by atoms with van der Waals surface area (Å²) in [5, 5.41) is 14.6. The second-order valence-corrected chi connectivity index (χ2v) is 6.13. The first-order valence-electron chi connectivity index (χ1n) is 6.90. The molecule has 110 valence electrons. The van der Waals surface area contributed by atoms with Gasteiger partial charge >= 0.3 is 0 Å². The minimum atomic E-state index is -0.178. The van der Waals surface area contributed by atoms with Gasteiger partial charge in [-0.3, -0.25) is 4.79 Å². The molecular weight excluding hydrogens is 348 g/mol. The molecule has 0 amide bonds. The van der Waals surface area contributed by atoms with E-state index in [2.05, 4.69) is 31.0 Å². The summed E-state index contributed by atoms with van der Waals surface area (Å²) < 4.78 is 2.29. The fourth-order valence-electron chi connectivity index (χ4n) is 2.66. The van der Waals surface area contributed by atoms with Gasteiger partial charge in [-0.2, -0.15) is 14.6 Å². The number of allylic oxidation sites excluding steroid dienone is 5. The quantitative estimate of drug-likeness (QED) is 0.789. The van der Waals surface area contributed by atoms with Crippen molar-refractivity contribution >= 4 is 33.6 Å². The molecule has 4 rings (SSSR count). The Labute approximate surface area is 134 Å². The van der Waals surface area contributed by atoms with Crippen molar-refractivity contribution < 1.29 is 9.90 Å². The number of aryl methyl sites for hydroxylation is 2. The van der Waals surface area contributed by atoms with Crippen LogP contribution in [0.5, 0.6) is 5.88 Å². The van der Waals surface area contributed by atoms with Crippen molar-refractivity contribution in [1.82, 2.24) is 19.6 Å². The maximum Gasteiger partial charge on any atom is 0.254 e. The molecule has 0 fully saturated rings. The van der Waals surface area contributed by atoms with Gasteiger partial charge in [0, 0.05) is 10.1 Å². The summed E-state index contributed by atoms with van der Waals surface area (Å²) in [4.78, 5) is 20.4. The molecule has 0 aliphatic heterocycles. The van der Waals surface area contributed by atoms with Crippen LogP contribution in [-0.4, -0.2) is 30.5 Å². The van der Waals surface area contributed by atoms with Gasteiger partial charge in [0.2, 0.25) is 5.88 Å². The lowest BCUT2D eigenvalue weighted by Crippen LogP contribution is -2.04. The Hall–Kier alpha value is -2.28. The van der Waals surface area contributed by atoms with Crippen molar-refractivity contribution in [2.75, 3.05) is 0 Å². The first kappa shape index (κ1) is 13.4. The summed E-state index contributed by atoms with van der Waals surface area (Å²) in [7, 11) is 0. The number of carbonyl (C=O) groups excluding carboxylic acids is 1. The van der Waals surface area contributed by atoms with E-state index in [4.69, 9.17) is 0 Å². The molecule has 22 heavy (non-hydrogen) atoms. The molecule has 0 saturated carbocycles. The highest BCUT2D eigenvalue weighted by molar-refractivity contribution is 9.11. The van der Waals surface area contributed by atoms with Crippen molar-refractivity contribution in [2.24, 2.45) is 0 Å². The molecular formula is C15H11BrN4O2. The van der Waals surface area contributed by atoms with Gasteiger partial charge < -0.3 is 5.11 Å². The number of fused-ring (bicyclic) bond motifs is 2. The number of ketones is 1. The summed E-state index contributed by atoms with van der Waals surface area (Å²) in [5.74, 6) is 0.0431. The summed E-state index contributed by atoms with van der Waals surface area (Å²) in [6.07, 6.45) is 9.23. The molecule has 6 nitrogen and oxygen atoms in total. The number of imidazole rings is 1. The van der Waals surface area contributed by atoms with Gasteiger partial charge in [0.05, 0.1) is 11.4 Å². The minimum Gasteiger partial charge on any atom is -0.492 e. The fraction of sp³-hybridized carbons (Fsp3) is 0.200. The average Bonchev–Trinajstić information content (AvgIpc) is 3.05. The Balaban J connectivity index is 1.90. The fourth-order valence-corrected chi connectivity index (χ4v) is 3.04. The zero-order chi connectivity index (χ0) is 15.3. The van der Waals surface area contributed by atoms with Crippen LogP contribution < -0.4 is 0 Å². The third kappa shape index (κ3) is 2.09. The molecule has 0 radical (unpaired) electrons. The Bertz CT molecular complexity index is 908. The van der Waals surface area contributed by atoms with Crippen LogP contribution in [-0.2, 0) is 17.6 Å². The Kier molecular flexibility index (Phi) is 2.97. The SMILES string of the molecule is O=C1C=CC(Br)=C/C1=C\c1c(O)nc2nc3c(nn12)CCC3. The van der Waals surface area contributed by atoms with Crippen molar-refractivity contribution in [1.29, 1.82) is 0 Å². The number of nitrogens with zero attached hydrogens (tertiary/aromatic N) is 4. The number of carbonyl (C=O) groups is 1. The van der Waals surface area contributed by atoms with E-state index >= 15 is 0 Å². The van der Waals surface area contributed by atoms with Gasteiger partial charge in [-0.25, -0.2) is 4.98 Å². The maximum absolute atomic E-state index is 11.9. The highest BCUT2D eigenvalue weighted by atomic mass is 79.9. The zero-order valence-corrected chi connectivity index (χ0v) is 13.0. The maximum atomic E-state index is 11.9. The molecule has 1 N–H and O–H groups in total. The summed E-state index contributed by atoms with van der Waals surface area (Å²) in [6.45, 7) is 0. The molecule has 0 saturated heterocycles. The van der Waals surface area contributed by atoms with Crippen LogP contribution in [0.3, 0.4) is 0 Å². The Morgan fingerprint density at radius 3 is 2.91 bits per heavy atom. The molecule has 2 aromatic heterocycles. The van der Waals surface area contributed by atoms with Gasteiger partial charge in [0.15, 0.2) is 5.78 Å². The van der Waals surface area contributed by atoms with Gasteiger partial charge in [-0.05, 0) is 43.6 Å². The van der Waals surface area contributed by atoms with E-state index in [1.807, 2.05) is 0 Å². The van der Waals surface area contributed by atoms with E-state index in [-0.39, 0.29) is 11.7 Å². The second-order valence-electron chi connectivity index (χ2n) is 5.22. The van der Waals surface area contributed by atoms with Crippen molar-refractivity contribution in [3.05, 3.63) is 45.4 Å². The predicted octanol–water partition coefficient (Wildman–Crippen LogP) is 2.12. The number of rotatable bonds is 1. The van der Waals surface area contributed by atoms with Gasteiger partial charge in [-0.15, -0.1) is 0 Å². The lowest BCUT2D eigenvalue weighted by atomic mass is 10.1. The predicted molar refractivity (Wildman–Crippen MR) is 83.6 cm³/mol. The van der Waals surface area contributed by atoms with Crippen LogP contribution in [0.4, 0.5) is 0 Å². The minimum absolute atomic E-state index is 0.133. The summed E-state index contributed by atoms with van der Waals surface area (Å²) >= 11 is 3.34. The van der Waals surface area contributed by atoms with Crippen molar-refractivity contribution in [2.45, 2.75) is 19.3 Å². The molecule has 2 heterocycles. The number of halogens is 1. The first-order chi connectivity index (χ1) is 10.6. The number of hydrogen-bond acceptors (Lipinski definition) is 5. The molecule has 2 aliphatic carbocycles. The van der Waals surface area contributed by atoms with Gasteiger partial charge in [0.1, 0.15) is 5.69 Å². The van der Waals surface area contributed by atoms with Crippen LogP contribution in [0.15, 0.2) is 28.3 Å². The lowest BCUT2D eigenvalue weighted by molar-refractivity contribution is -0.111. The van der Waals surface area contributed by atoms with E-state index in [1.54, 1.807) is 18.2 Å². The van der Waals surface area contributed by atoms with Crippen LogP contribution in [0, 0.1) is 0 Å². The Morgan fingerprint density at radius 1 is 1.23 bits per heavy atom. The highest BCUT2D eigenvalue weighted by Crippen LogP contribution is 2.26. The molecule has 2 aromatic rings. The van der Waals surface area contributed by atoms with E-state index in [0.717, 1.165) is 35.1 Å². The van der Waals surface area contributed by atoms with Crippen LogP contribution in [0.1, 0.15) is 23.5 Å². The van der Waals surface area contributed by atoms with E-state index < -0.39 is 0 Å². The first-order valence-corrected chi connectivity index (χ1v) is 7.70. The second kappa shape index (κ2) is 4.88. The highest BCUT2D eigenvalue weighted by Gasteiger charge is 2.20. The normalized spacial score (nSPS) is 19.0. The average molecular weight is 359 g/mol. The summed E-state index contributed by atoms with van der Waals surface area (Å²) in [5.41, 5.74) is 2.69. The van der Waals surface area contributed by atoms with Crippen LogP contribution in [0.2, 0.25) is 0 Å². The zero-order valence-electron chi connectivity index (χ0n) is 11.5. The standard InChI is InChI=1S/C15H11BrN4O2/c16-9-4-5-13(21)8(6-9)7-12-14(22)18-15-17-10-2-1-3-11(10)19-20(12)15/h4-7,22H,1-3H2/b8-7+. The van der Waals surface area contributed by atoms with Crippen molar-refractivity contribution in [3.8, 4) is 5.88 Å². The third-order valence-electron chi connectivity index (χ3n) is 3.73. The monoisotopic (exact) mass is 358 g/mol. The van der Waals surface area contributed by atoms with Gasteiger partial charge in [-0.1, -0.05) is 15.9 Å². The van der Waals surface area contributed by atoms with Crippen LogP contribution in [0.25, 0.3) is 11.9 Å².